The number of para-hydroxylation sites is 1. The lowest BCUT2D eigenvalue weighted by molar-refractivity contribution is -0.261. The third kappa shape index (κ3) is 4.67. The summed E-state index contributed by atoms with van der Waals surface area (Å²) in [4.78, 5) is 28.1. The van der Waals surface area contributed by atoms with Crippen molar-refractivity contribution in [1.82, 2.24) is 4.57 Å². The highest BCUT2D eigenvalue weighted by atomic mass is 16.7. The normalized spacial score (nSPS) is 25.8. The van der Waals surface area contributed by atoms with Crippen LogP contribution in [0.4, 0.5) is 0 Å². The van der Waals surface area contributed by atoms with Crippen LogP contribution in [0.5, 0.6) is 11.5 Å². The lowest BCUT2D eigenvalue weighted by atomic mass is 9.88. The minimum atomic E-state index is -0.769. The van der Waals surface area contributed by atoms with Crippen molar-refractivity contribution in [2.24, 2.45) is 12.2 Å². The maximum Gasteiger partial charge on any atom is 0.303 e. The molecule has 2 aliphatic heterocycles. The van der Waals surface area contributed by atoms with Gasteiger partial charge in [-0.15, -0.1) is 0 Å². The van der Waals surface area contributed by atoms with Gasteiger partial charge in [-0.3, -0.25) is 9.59 Å². The van der Waals surface area contributed by atoms with Gasteiger partial charge in [-0.05, 0) is 38.4 Å². The van der Waals surface area contributed by atoms with Gasteiger partial charge in [-0.2, -0.15) is 0 Å². The number of pyridine rings is 1. The molecule has 0 saturated carbocycles. The number of rotatable bonds is 5. The number of benzene rings is 2. The first kappa shape index (κ1) is 26.8. The Morgan fingerprint density at radius 2 is 2.03 bits per heavy atom. The highest BCUT2D eigenvalue weighted by Gasteiger charge is 2.45. The van der Waals surface area contributed by atoms with E-state index in [4.69, 9.17) is 29.2 Å². The fourth-order valence-corrected chi connectivity index (χ4v) is 5.74. The van der Waals surface area contributed by atoms with Crippen LogP contribution in [0.1, 0.15) is 39.7 Å². The third-order valence-electron chi connectivity index (χ3n) is 7.62. The Hall–Kier alpha value is -3.79. The Bertz CT molecular complexity index is 1560. The first-order valence-electron chi connectivity index (χ1n) is 12.9. The zero-order chi connectivity index (χ0) is 28.1. The molecule has 1 aromatic heterocycles. The van der Waals surface area contributed by atoms with Crippen LogP contribution in [0.15, 0.2) is 40.2 Å². The Balaban J connectivity index is 1.55. The van der Waals surface area contributed by atoms with Crippen LogP contribution >= 0.6 is 0 Å². The minimum Gasteiger partial charge on any atom is -0.496 e. The summed E-state index contributed by atoms with van der Waals surface area (Å²) in [6.45, 7) is 6.91. The van der Waals surface area contributed by atoms with Crippen LogP contribution in [-0.2, 0) is 32.5 Å². The molecule has 11 heteroatoms. The van der Waals surface area contributed by atoms with Gasteiger partial charge < -0.3 is 28.3 Å². The van der Waals surface area contributed by atoms with Crippen LogP contribution in [0.25, 0.3) is 32.2 Å². The average molecular weight is 537 g/mol. The molecule has 3 aromatic rings. The third-order valence-corrected chi connectivity index (χ3v) is 7.62. The van der Waals surface area contributed by atoms with Gasteiger partial charge in [0.2, 0.25) is 5.43 Å². The Morgan fingerprint density at radius 3 is 2.72 bits per heavy atom. The Morgan fingerprint density at radius 1 is 1.28 bits per heavy atom. The molecule has 11 nitrogen and oxygen atoms in total. The second-order valence-electron chi connectivity index (χ2n) is 10.6. The molecule has 2 aliphatic rings. The minimum absolute atomic E-state index is 0.112. The van der Waals surface area contributed by atoms with Crippen molar-refractivity contribution in [1.29, 1.82) is 0 Å². The van der Waals surface area contributed by atoms with Crippen molar-refractivity contribution in [2.45, 2.75) is 76.8 Å². The molecule has 3 heterocycles. The SMILES string of the molecule is COc1cc2c(c3c1c(=O)c1ccccc1n3C)C[C@@H](O[C@H]1C[C@H](N=[N+]=[N-])[C@H](OC(C)=O)[C@H](C)O1)C(C)(C)O2. The molecule has 1 saturated heterocycles. The highest BCUT2D eigenvalue weighted by Crippen LogP contribution is 2.43. The number of aromatic nitrogens is 1. The number of fused-ring (bicyclic) bond motifs is 4. The molecular formula is C28H32N4O7. The number of aryl methyl sites for hydroxylation is 1. The van der Waals surface area contributed by atoms with Crippen LogP contribution in [0.3, 0.4) is 0 Å². The lowest BCUT2D eigenvalue weighted by Gasteiger charge is -2.44. The van der Waals surface area contributed by atoms with E-state index in [1.165, 1.54) is 6.92 Å². The van der Waals surface area contributed by atoms with Gasteiger partial charge in [0.15, 0.2) is 6.29 Å². The van der Waals surface area contributed by atoms with Crippen molar-refractivity contribution in [3.05, 3.63) is 56.6 Å². The van der Waals surface area contributed by atoms with Crippen LogP contribution < -0.4 is 14.9 Å². The average Bonchev–Trinajstić information content (AvgIpc) is 2.88. The molecule has 0 N–H and O–H groups in total. The highest BCUT2D eigenvalue weighted by molar-refractivity contribution is 5.99. The van der Waals surface area contributed by atoms with Gasteiger partial charge in [0.1, 0.15) is 29.3 Å². The second-order valence-corrected chi connectivity index (χ2v) is 10.6. The fraction of sp³-hybridized carbons (Fsp3) is 0.500. The van der Waals surface area contributed by atoms with E-state index < -0.39 is 42.2 Å². The summed E-state index contributed by atoms with van der Waals surface area (Å²) >= 11 is 0. The number of carbonyl (C=O) groups is 1. The summed E-state index contributed by atoms with van der Waals surface area (Å²) in [5, 5.41) is 4.94. The van der Waals surface area contributed by atoms with E-state index in [1.807, 2.05) is 49.7 Å². The van der Waals surface area contributed by atoms with E-state index >= 15 is 0 Å². The maximum absolute atomic E-state index is 13.6. The lowest BCUT2D eigenvalue weighted by Crippen LogP contribution is -2.54. The van der Waals surface area contributed by atoms with Gasteiger partial charge >= 0.3 is 5.97 Å². The van der Waals surface area contributed by atoms with E-state index in [9.17, 15) is 9.59 Å². The van der Waals surface area contributed by atoms with Crippen molar-refractivity contribution in [3.63, 3.8) is 0 Å². The molecule has 39 heavy (non-hydrogen) atoms. The van der Waals surface area contributed by atoms with Crippen LogP contribution in [0, 0.1) is 0 Å². The zero-order valence-corrected chi connectivity index (χ0v) is 22.8. The molecule has 0 radical (unpaired) electrons. The topological polar surface area (TPSA) is 134 Å². The second kappa shape index (κ2) is 10.1. The number of nitrogens with zero attached hydrogens (tertiary/aromatic N) is 4. The van der Waals surface area contributed by atoms with E-state index in [0.717, 1.165) is 16.6 Å². The van der Waals surface area contributed by atoms with E-state index in [0.29, 0.717) is 28.7 Å². The Labute approximate surface area is 225 Å². The van der Waals surface area contributed by atoms with E-state index in [1.54, 1.807) is 20.1 Å². The predicted molar refractivity (Wildman–Crippen MR) is 144 cm³/mol. The predicted octanol–water partition coefficient (Wildman–Crippen LogP) is 4.54. The summed E-state index contributed by atoms with van der Waals surface area (Å²) < 4.78 is 32.1. The summed E-state index contributed by atoms with van der Waals surface area (Å²) in [5.74, 6) is 0.588. The summed E-state index contributed by atoms with van der Waals surface area (Å²) in [7, 11) is 3.46. The molecule has 2 aromatic carbocycles. The van der Waals surface area contributed by atoms with Gasteiger partial charge in [-0.1, -0.05) is 17.2 Å². The van der Waals surface area contributed by atoms with Gasteiger partial charge in [0.25, 0.3) is 0 Å². The van der Waals surface area contributed by atoms with Crippen molar-refractivity contribution >= 4 is 27.8 Å². The van der Waals surface area contributed by atoms with Gasteiger partial charge in [-0.25, -0.2) is 0 Å². The maximum atomic E-state index is 13.6. The monoisotopic (exact) mass is 536 g/mol. The van der Waals surface area contributed by atoms with Crippen molar-refractivity contribution in [2.75, 3.05) is 7.11 Å². The first-order valence-corrected chi connectivity index (χ1v) is 12.9. The van der Waals surface area contributed by atoms with E-state index in [-0.39, 0.29) is 11.8 Å². The van der Waals surface area contributed by atoms with Crippen molar-refractivity contribution < 1.29 is 28.5 Å². The fourth-order valence-electron chi connectivity index (χ4n) is 5.74. The number of ether oxygens (including phenoxy) is 5. The summed E-state index contributed by atoms with van der Waals surface area (Å²) in [5.41, 5.74) is 10.6. The molecule has 5 atom stereocenters. The van der Waals surface area contributed by atoms with Gasteiger partial charge in [0, 0.05) is 48.7 Å². The molecule has 206 valence electrons. The first-order chi connectivity index (χ1) is 18.6. The molecule has 1 fully saturated rings. The molecular weight excluding hydrogens is 504 g/mol. The smallest absolute Gasteiger partial charge is 0.303 e. The van der Waals surface area contributed by atoms with Crippen LogP contribution in [0.2, 0.25) is 0 Å². The standard InChI is InChI=1S/C28H32N4O7/c1-14-27(37-15(2)33)18(30-31-29)12-23(36-14)38-22-11-17-20(39-28(22,3)4)13-21(35-6)24-25(17)32(5)19-10-8-7-9-16(19)26(24)34/h7-10,13-14,18,22-23,27H,11-12H2,1-6H3/t14-,18-,22+,23-,27+/m0/s1. The Kier molecular flexibility index (Phi) is 6.92. The van der Waals surface area contributed by atoms with E-state index in [2.05, 4.69) is 10.0 Å². The molecule has 0 spiro atoms. The summed E-state index contributed by atoms with van der Waals surface area (Å²) in [6, 6.07) is 8.59. The summed E-state index contributed by atoms with van der Waals surface area (Å²) in [6.07, 6.45) is -1.84. The number of carbonyl (C=O) groups excluding carboxylic acids is 1. The molecule has 0 bridgehead atoms. The number of hydrogen-bond donors (Lipinski definition) is 0. The molecule has 0 aliphatic carbocycles. The number of esters is 1. The molecule has 0 amide bonds. The van der Waals surface area contributed by atoms with Crippen molar-refractivity contribution in [3.8, 4) is 11.5 Å². The number of azide groups is 1. The molecule has 0 unspecified atom stereocenters. The zero-order valence-electron chi connectivity index (χ0n) is 22.8. The number of hydrogen-bond acceptors (Lipinski definition) is 8. The quantitative estimate of drug-likeness (QED) is 0.154. The molecule has 5 rings (SSSR count). The largest absolute Gasteiger partial charge is 0.496 e. The van der Waals surface area contributed by atoms with Gasteiger partial charge in [0.05, 0.1) is 35.7 Å². The number of methoxy groups -OCH3 is 1. The van der Waals surface area contributed by atoms with Crippen LogP contribution in [-0.4, -0.2) is 53.9 Å².